The summed E-state index contributed by atoms with van der Waals surface area (Å²) in [5.41, 5.74) is 0. The van der Waals surface area contributed by atoms with Crippen LogP contribution in [0.15, 0.2) is 0 Å². The van der Waals surface area contributed by atoms with Gasteiger partial charge in [0.2, 0.25) is 0 Å². The fourth-order valence-electron chi connectivity index (χ4n) is 2.62. The van der Waals surface area contributed by atoms with Crippen molar-refractivity contribution < 1.29 is 9.90 Å². The predicted octanol–water partition coefficient (Wildman–Crippen LogP) is 0.955. The number of hydrogen-bond acceptors (Lipinski definition) is 3. The Kier molecular flexibility index (Phi) is 3.19. The summed E-state index contributed by atoms with van der Waals surface area (Å²) in [5.74, 6) is 0.381. The van der Waals surface area contributed by atoms with E-state index in [9.17, 15) is 9.90 Å². The van der Waals surface area contributed by atoms with Crippen LogP contribution >= 0.6 is 0 Å². The fourth-order valence-corrected chi connectivity index (χ4v) is 2.62. The number of nitrogens with zero attached hydrogens (tertiary/aromatic N) is 1. The van der Waals surface area contributed by atoms with Crippen molar-refractivity contribution in [3.63, 3.8) is 0 Å². The van der Waals surface area contributed by atoms with Crippen molar-refractivity contribution in [3.8, 4) is 0 Å². The number of carbonyl (C=O) groups excluding carboxylic acids is 1. The Morgan fingerprint density at radius 2 is 1.79 bits per heavy atom. The van der Waals surface area contributed by atoms with Gasteiger partial charge in [-0.1, -0.05) is 12.8 Å². The highest BCUT2D eigenvalue weighted by atomic mass is 16.3. The lowest BCUT2D eigenvalue weighted by Crippen LogP contribution is -2.48. The largest absolute Gasteiger partial charge is 0.391 e. The maximum Gasteiger partial charge on any atom is 0.135 e. The summed E-state index contributed by atoms with van der Waals surface area (Å²) < 4.78 is 0. The van der Waals surface area contributed by atoms with Gasteiger partial charge in [0.05, 0.1) is 6.10 Å². The van der Waals surface area contributed by atoms with Gasteiger partial charge in [0.15, 0.2) is 0 Å². The average Bonchev–Trinajstić information content (AvgIpc) is 2.20. The SMILES string of the molecule is O=C1CCN(C2CCCCC2O)CC1. The second-order valence-electron chi connectivity index (χ2n) is 4.49. The third kappa shape index (κ3) is 2.15. The van der Waals surface area contributed by atoms with Crippen molar-refractivity contribution in [2.75, 3.05) is 13.1 Å². The van der Waals surface area contributed by atoms with Crippen molar-refractivity contribution in [2.45, 2.75) is 50.7 Å². The summed E-state index contributed by atoms with van der Waals surface area (Å²) in [5, 5.41) is 9.86. The first kappa shape index (κ1) is 10.1. The van der Waals surface area contributed by atoms with Crippen LogP contribution in [0.25, 0.3) is 0 Å². The molecule has 2 rings (SSSR count). The molecule has 2 unspecified atom stereocenters. The molecular formula is C11H19NO2. The number of aliphatic hydroxyl groups is 1. The van der Waals surface area contributed by atoms with Crippen molar-refractivity contribution in [1.29, 1.82) is 0 Å². The van der Waals surface area contributed by atoms with Crippen LogP contribution in [-0.4, -0.2) is 41.0 Å². The minimum atomic E-state index is -0.156. The molecule has 1 aliphatic carbocycles. The van der Waals surface area contributed by atoms with Gasteiger partial charge < -0.3 is 5.11 Å². The molecular weight excluding hydrogens is 178 g/mol. The van der Waals surface area contributed by atoms with E-state index in [1.165, 1.54) is 6.42 Å². The smallest absolute Gasteiger partial charge is 0.135 e. The Morgan fingerprint density at radius 1 is 1.14 bits per heavy atom. The van der Waals surface area contributed by atoms with E-state index in [2.05, 4.69) is 4.90 Å². The van der Waals surface area contributed by atoms with Gasteiger partial charge in [-0.3, -0.25) is 9.69 Å². The maximum atomic E-state index is 11.1. The molecule has 0 bridgehead atoms. The van der Waals surface area contributed by atoms with E-state index in [4.69, 9.17) is 0 Å². The molecule has 14 heavy (non-hydrogen) atoms. The lowest BCUT2D eigenvalue weighted by molar-refractivity contribution is -0.122. The summed E-state index contributed by atoms with van der Waals surface area (Å²) >= 11 is 0. The molecule has 2 aliphatic rings. The molecule has 3 nitrogen and oxygen atoms in total. The zero-order valence-corrected chi connectivity index (χ0v) is 8.61. The highest BCUT2D eigenvalue weighted by molar-refractivity contribution is 5.79. The van der Waals surface area contributed by atoms with Gasteiger partial charge in [0.25, 0.3) is 0 Å². The number of rotatable bonds is 1. The monoisotopic (exact) mass is 197 g/mol. The molecule has 0 radical (unpaired) electrons. The van der Waals surface area contributed by atoms with Crippen molar-refractivity contribution in [3.05, 3.63) is 0 Å². The van der Waals surface area contributed by atoms with Gasteiger partial charge in [-0.25, -0.2) is 0 Å². The molecule has 0 amide bonds. The molecule has 1 heterocycles. The molecule has 0 spiro atoms. The Labute approximate surface area is 85.1 Å². The summed E-state index contributed by atoms with van der Waals surface area (Å²) in [6.07, 6.45) is 5.64. The number of aliphatic hydroxyl groups excluding tert-OH is 1. The van der Waals surface area contributed by atoms with Crippen molar-refractivity contribution >= 4 is 5.78 Å². The molecule has 1 aliphatic heterocycles. The van der Waals surface area contributed by atoms with Gasteiger partial charge >= 0.3 is 0 Å². The van der Waals surface area contributed by atoms with E-state index < -0.39 is 0 Å². The normalized spacial score (nSPS) is 35.9. The zero-order valence-electron chi connectivity index (χ0n) is 8.61. The second-order valence-corrected chi connectivity index (χ2v) is 4.49. The first-order chi connectivity index (χ1) is 6.77. The number of Topliss-reactive ketones (excluding diaryl/α,β-unsaturated/α-hetero) is 1. The van der Waals surface area contributed by atoms with Crippen LogP contribution in [0, 0.1) is 0 Å². The van der Waals surface area contributed by atoms with Gasteiger partial charge in [0, 0.05) is 32.0 Å². The predicted molar refractivity (Wildman–Crippen MR) is 54.1 cm³/mol. The van der Waals surface area contributed by atoms with Crippen molar-refractivity contribution in [1.82, 2.24) is 4.90 Å². The molecule has 3 heteroatoms. The van der Waals surface area contributed by atoms with Crippen LogP contribution in [0.4, 0.5) is 0 Å². The minimum absolute atomic E-state index is 0.156. The fraction of sp³-hybridized carbons (Fsp3) is 0.909. The molecule has 1 N–H and O–H groups in total. The zero-order chi connectivity index (χ0) is 9.97. The number of piperidine rings is 1. The Balaban J connectivity index is 1.90. The lowest BCUT2D eigenvalue weighted by Gasteiger charge is -2.39. The molecule has 1 saturated heterocycles. The van der Waals surface area contributed by atoms with E-state index in [0.717, 1.165) is 32.4 Å². The number of likely N-dealkylation sites (tertiary alicyclic amines) is 1. The van der Waals surface area contributed by atoms with Crippen LogP contribution in [-0.2, 0) is 4.79 Å². The molecule has 2 fully saturated rings. The van der Waals surface area contributed by atoms with Gasteiger partial charge in [-0.15, -0.1) is 0 Å². The van der Waals surface area contributed by atoms with Gasteiger partial charge in [-0.05, 0) is 12.8 Å². The Bertz CT molecular complexity index is 207. The number of carbonyl (C=O) groups is 1. The average molecular weight is 197 g/mol. The van der Waals surface area contributed by atoms with E-state index in [1.807, 2.05) is 0 Å². The van der Waals surface area contributed by atoms with E-state index in [0.29, 0.717) is 24.7 Å². The first-order valence-corrected chi connectivity index (χ1v) is 5.71. The molecule has 0 aromatic heterocycles. The highest BCUT2D eigenvalue weighted by Crippen LogP contribution is 2.24. The quantitative estimate of drug-likeness (QED) is 0.680. The Morgan fingerprint density at radius 3 is 2.43 bits per heavy atom. The molecule has 1 saturated carbocycles. The Hall–Kier alpha value is -0.410. The van der Waals surface area contributed by atoms with E-state index in [-0.39, 0.29) is 6.10 Å². The first-order valence-electron chi connectivity index (χ1n) is 5.71. The van der Waals surface area contributed by atoms with E-state index in [1.54, 1.807) is 0 Å². The maximum absolute atomic E-state index is 11.1. The minimum Gasteiger partial charge on any atom is -0.391 e. The molecule has 0 aromatic rings. The summed E-state index contributed by atoms with van der Waals surface area (Å²) in [4.78, 5) is 13.4. The number of ketones is 1. The molecule has 2 atom stereocenters. The summed E-state index contributed by atoms with van der Waals surface area (Å²) in [6, 6.07) is 0.330. The van der Waals surface area contributed by atoms with Crippen LogP contribution in [0.2, 0.25) is 0 Å². The summed E-state index contributed by atoms with van der Waals surface area (Å²) in [6.45, 7) is 1.72. The van der Waals surface area contributed by atoms with Crippen LogP contribution < -0.4 is 0 Å². The third-order valence-electron chi connectivity index (χ3n) is 3.52. The second kappa shape index (κ2) is 4.41. The van der Waals surface area contributed by atoms with Gasteiger partial charge in [0.1, 0.15) is 5.78 Å². The van der Waals surface area contributed by atoms with Crippen LogP contribution in [0.1, 0.15) is 38.5 Å². The summed E-state index contributed by atoms with van der Waals surface area (Å²) in [7, 11) is 0. The third-order valence-corrected chi connectivity index (χ3v) is 3.52. The standard InChI is InChI=1S/C11H19NO2/c13-9-5-7-12(8-6-9)10-3-1-2-4-11(10)14/h10-11,14H,1-8H2. The molecule has 0 aromatic carbocycles. The van der Waals surface area contributed by atoms with Gasteiger partial charge in [-0.2, -0.15) is 0 Å². The number of hydrogen-bond donors (Lipinski definition) is 1. The van der Waals surface area contributed by atoms with E-state index >= 15 is 0 Å². The topological polar surface area (TPSA) is 40.5 Å². The lowest BCUT2D eigenvalue weighted by atomic mass is 9.90. The van der Waals surface area contributed by atoms with Crippen LogP contribution in [0.3, 0.4) is 0 Å². The highest BCUT2D eigenvalue weighted by Gasteiger charge is 2.30. The van der Waals surface area contributed by atoms with Crippen LogP contribution in [0.5, 0.6) is 0 Å². The van der Waals surface area contributed by atoms with Crippen molar-refractivity contribution in [2.24, 2.45) is 0 Å². The molecule has 80 valence electrons.